The quantitative estimate of drug-likeness (QED) is 0.857. The first-order valence-electron chi connectivity index (χ1n) is 6.36. The molecule has 1 aliphatic rings. The van der Waals surface area contributed by atoms with Gasteiger partial charge in [-0.2, -0.15) is 0 Å². The molecule has 108 valence electrons. The van der Waals surface area contributed by atoms with Crippen LogP contribution in [0, 0.1) is 0 Å². The summed E-state index contributed by atoms with van der Waals surface area (Å²) >= 11 is 7.29. The van der Waals surface area contributed by atoms with Gasteiger partial charge in [-0.25, -0.2) is 18.1 Å². The van der Waals surface area contributed by atoms with E-state index in [0.29, 0.717) is 11.5 Å². The van der Waals surface area contributed by atoms with Gasteiger partial charge in [0.25, 0.3) is 10.0 Å². The molecule has 8 heteroatoms. The molecular weight excluding hydrogens is 318 g/mol. The second kappa shape index (κ2) is 5.48. The van der Waals surface area contributed by atoms with Crippen LogP contribution in [0.2, 0.25) is 5.15 Å². The number of rotatable bonds is 5. The number of imidazole rings is 1. The molecule has 5 nitrogen and oxygen atoms in total. The van der Waals surface area contributed by atoms with Gasteiger partial charge in [-0.3, -0.25) is 4.40 Å². The molecule has 1 aliphatic carbocycles. The number of halogens is 1. The predicted octanol–water partition coefficient (Wildman–Crippen LogP) is 2.83. The highest BCUT2D eigenvalue weighted by Gasteiger charge is 2.24. The van der Waals surface area contributed by atoms with Crippen LogP contribution in [-0.4, -0.2) is 24.3 Å². The molecule has 1 N–H and O–H groups in total. The van der Waals surface area contributed by atoms with Crippen LogP contribution in [0.3, 0.4) is 0 Å². The Balaban J connectivity index is 1.77. The minimum Gasteiger partial charge on any atom is -0.279 e. The highest BCUT2D eigenvalue weighted by Crippen LogP contribution is 2.25. The molecule has 2 aromatic heterocycles. The minimum atomic E-state index is -3.64. The third-order valence-corrected chi connectivity index (χ3v) is 5.92. The monoisotopic (exact) mass is 331 g/mol. The SMILES string of the molecule is O=S(=O)(NCCC1=CCCC1)c1c(Cl)nc2sccn12. The summed E-state index contributed by atoms with van der Waals surface area (Å²) in [6.07, 6.45) is 7.95. The standard InChI is InChI=1S/C12H14ClN3O2S2/c13-10-11(16-7-8-19-12(16)15-10)20(17,18)14-6-5-9-3-1-2-4-9/h3,7-8,14H,1-2,4-6H2. The molecule has 0 amide bonds. The zero-order valence-corrected chi connectivity index (χ0v) is 13.1. The highest BCUT2D eigenvalue weighted by atomic mass is 35.5. The third kappa shape index (κ3) is 2.63. The minimum absolute atomic E-state index is 0.0180. The third-order valence-electron chi connectivity index (χ3n) is 3.31. The maximum atomic E-state index is 12.3. The Morgan fingerprint density at radius 2 is 2.35 bits per heavy atom. The van der Waals surface area contributed by atoms with Crippen molar-refractivity contribution in [3.05, 3.63) is 28.4 Å². The van der Waals surface area contributed by atoms with Gasteiger partial charge in [0, 0.05) is 18.1 Å². The number of fused-ring (bicyclic) bond motifs is 1. The van der Waals surface area contributed by atoms with E-state index in [0.717, 1.165) is 19.3 Å². The first kappa shape index (κ1) is 14.1. The Labute approximate surface area is 126 Å². The molecule has 0 atom stereocenters. The maximum Gasteiger partial charge on any atom is 0.259 e. The van der Waals surface area contributed by atoms with Gasteiger partial charge in [0.15, 0.2) is 15.1 Å². The van der Waals surface area contributed by atoms with Crippen LogP contribution in [0.15, 0.2) is 28.3 Å². The van der Waals surface area contributed by atoms with Gasteiger partial charge in [-0.05, 0) is 25.7 Å². The predicted molar refractivity (Wildman–Crippen MR) is 79.8 cm³/mol. The zero-order valence-electron chi connectivity index (χ0n) is 10.7. The molecule has 2 aromatic rings. The number of sulfonamides is 1. The Bertz CT molecular complexity index is 761. The maximum absolute atomic E-state index is 12.3. The fraction of sp³-hybridized carbons (Fsp3) is 0.417. The molecule has 0 spiro atoms. The van der Waals surface area contributed by atoms with Gasteiger partial charge >= 0.3 is 0 Å². The number of nitrogens with zero attached hydrogens (tertiary/aromatic N) is 2. The molecule has 0 saturated carbocycles. The molecule has 20 heavy (non-hydrogen) atoms. The molecule has 0 aromatic carbocycles. The first-order valence-corrected chi connectivity index (χ1v) is 9.10. The zero-order chi connectivity index (χ0) is 14.2. The van der Waals surface area contributed by atoms with E-state index in [1.165, 1.54) is 27.7 Å². The first-order chi connectivity index (χ1) is 9.58. The van der Waals surface area contributed by atoms with E-state index in [9.17, 15) is 8.42 Å². The molecule has 0 unspecified atom stereocenters. The van der Waals surface area contributed by atoms with Crippen molar-refractivity contribution in [2.75, 3.05) is 6.54 Å². The van der Waals surface area contributed by atoms with Crippen molar-refractivity contribution in [1.29, 1.82) is 0 Å². The summed E-state index contributed by atoms with van der Waals surface area (Å²) in [7, 11) is -3.64. The lowest BCUT2D eigenvalue weighted by molar-refractivity contribution is 0.576. The molecule has 2 heterocycles. The van der Waals surface area contributed by atoms with Crippen molar-refractivity contribution in [2.45, 2.75) is 30.7 Å². The molecular formula is C12H14ClN3O2S2. The van der Waals surface area contributed by atoms with Crippen LogP contribution in [0.1, 0.15) is 25.7 Å². The Morgan fingerprint density at radius 3 is 3.10 bits per heavy atom. The molecule has 0 bridgehead atoms. The van der Waals surface area contributed by atoms with Gasteiger partial charge in [0.05, 0.1) is 0 Å². The van der Waals surface area contributed by atoms with Crippen molar-refractivity contribution in [1.82, 2.24) is 14.1 Å². The lowest BCUT2D eigenvalue weighted by atomic mass is 10.2. The number of hydrogen-bond donors (Lipinski definition) is 1. The van der Waals surface area contributed by atoms with Crippen molar-refractivity contribution in [2.24, 2.45) is 0 Å². The van der Waals surface area contributed by atoms with Crippen molar-refractivity contribution in [3.63, 3.8) is 0 Å². The van der Waals surface area contributed by atoms with Gasteiger partial charge in [-0.15, -0.1) is 11.3 Å². The second-order valence-corrected chi connectivity index (χ2v) is 7.58. The number of aromatic nitrogens is 2. The van der Waals surface area contributed by atoms with E-state index in [2.05, 4.69) is 15.8 Å². The van der Waals surface area contributed by atoms with Gasteiger partial charge in [0.1, 0.15) is 0 Å². The van der Waals surface area contributed by atoms with Crippen LogP contribution < -0.4 is 4.72 Å². The van der Waals surface area contributed by atoms with Gasteiger partial charge < -0.3 is 0 Å². The second-order valence-electron chi connectivity index (χ2n) is 4.67. The van der Waals surface area contributed by atoms with Crippen LogP contribution in [0.25, 0.3) is 4.96 Å². The molecule has 3 rings (SSSR count). The Kier molecular flexibility index (Phi) is 3.85. The molecule has 0 saturated heterocycles. The summed E-state index contributed by atoms with van der Waals surface area (Å²) in [5, 5.41) is 1.82. The van der Waals surface area contributed by atoms with Crippen LogP contribution in [0.4, 0.5) is 0 Å². The summed E-state index contributed by atoms with van der Waals surface area (Å²) in [5.74, 6) is 0. The fourth-order valence-electron chi connectivity index (χ4n) is 2.36. The summed E-state index contributed by atoms with van der Waals surface area (Å²) in [6.45, 7) is 0.391. The number of hydrogen-bond acceptors (Lipinski definition) is 4. The normalized spacial score (nSPS) is 15.9. The van der Waals surface area contributed by atoms with E-state index >= 15 is 0 Å². The van der Waals surface area contributed by atoms with Crippen LogP contribution >= 0.6 is 22.9 Å². The number of thiazole rings is 1. The number of allylic oxidation sites excluding steroid dienone is 1. The van der Waals surface area contributed by atoms with Crippen molar-refractivity contribution >= 4 is 37.9 Å². The van der Waals surface area contributed by atoms with Crippen molar-refractivity contribution in [3.8, 4) is 0 Å². The van der Waals surface area contributed by atoms with E-state index < -0.39 is 10.0 Å². The smallest absolute Gasteiger partial charge is 0.259 e. The lowest BCUT2D eigenvalue weighted by Gasteiger charge is -2.06. The average Bonchev–Trinajstić information content (AvgIpc) is 3.04. The lowest BCUT2D eigenvalue weighted by Crippen LogP contribution is -2.26. The molecule has 0 radical (unpaired) electrons. The van der Waals surface area contributed by atoms with E-state index in [4.69, 9.17) is 11.6 Å². The summed E-state index contributed by atoms with van der Waals surface area (Å²) in [6, 6.07) is 0. The van der Waals surface area contributed by atoms with Gasteiger partial charge in [-0.1, -0.05) is 23.3 Å². The molecule has 0 aliphatic heterocycles. The summed E-state index contributed by atoms with van der Waals surface area (Å²) in [4.78, 5) is 4.62. The van der Waals surface area contributed by atoms with Crippen LogP contribution in [0.5, 0.6) is 0 Å². The fourth-order valence-corrected chi connectivity index (χ4v) is 4.84. The molecule has 0 fully saturated rings. The Morgan fingerprint density at radius 1 is 1.50 bits per heavy atom. The average molecular weight is 332 g/mol. The number of nitrogens with one attached hydrogen (secondary N) is 1. The van der Waals surface area contributed by atoms with Crippen LogP contribution in [-0.2, 0) is 10.0 Å². The topological polar surface area (TPSA) is 63.5 Å². The largest absolute Gasteiger partial charge is 0.279 e. The van der Waals surface area contributed by atoms with Gasteiger partial charge in [0.2, 0.25) is 0 Å². The highest BCUT2D eigenvalue weighted by molar-refractivity contribution is 7.89. The van der Waals surface area contributed by atoms with E-state index in [1.807, 2.05) is 0 Å². The van der Waals surface area contributed by atoms with Crippen molar-refractivity contribution < 1.29 is 8.42 Å². The van der Waals surface area contributed by atoms with E-state index in [-0.39, 0.29) is 10.2 Å². The summed E-state index contributed by atoms with van der Waals surface area (Å²) in [5.41, 5.74) is 1.33. The summed E-state index contributed by atoms with van der Waals surface area (Å²) < 4.78 is 28.8. The van der Waals surface area contributed by atoms with E-state index in [1.54, 1.807) is 11.6 Å². The Hall–Kier alpha value is -0.890.